The summed E-state index contributed by atoms with van der Waals surface area (Å²) in [4.78, 5) is 2.68. The van der Waals surface area contributed by atoms with Crippen LogP contribution in [0.1, 0.15) is 85.5 Å². The van der Waals surface area contributed by atoms with Crippen molar-refractivity contribution >= 4 is 0 Å². The molecule has 2 nitrogen and oxygen atoms in total. The minimum absolute atomic E-state index is 0.237. The van der Waals surface area contributed by atoms with E-state index in [9.17, 15) is 0 Å². The van der Waals surface area contributed by atoms with Crippen molar-refractivity contribution in [1.29, 1.82) is 0 Å². The zero-order valence-corrected chi connectivity index (χ0v) is 14.5. The molecule has 0 spiro atoms. The summed E-state index contributed by atoms with van der Waals surface area (Å²) in [5.41, 5.74) is 6.95. The fourth-order valence-corrected chi connectivity index (χ4v) is 3.44. The predicted molar refractivity (Wildman–Crippen MR) is 90.0 cm³/mol. The lowest BCUT2D eigenvalue weighted by Crippen LogP contribution is -2.55. The zero-order chi connectivity index (χ0) is 15.1. The summed E-state index contributed by atoms with van der Waals surface area (Å²) >= 11 is 0. The molecule has 0 radical (unpaired) electrons. The van der Waals surface area contributed by atoms with Crippen molar-refractivity contribution in [2.75, 3.05) is 19.6 Å². The first-order valence-corrected chi connectivity index (χ1v) is 8.95. The molecule has 2 heteroatoms. The Hall–Kier alpha value is -0.0800. The first kappa shape index (κ1) is 18.0. The maximum absolute atomic E-state index is 6.14. The number of rotatable bonds is 9. The SMILES string of the molecule is CCCCCCCC(C)(CN)N1CCC(C)(CC)CC1. The first-order chi connectivity index (χ1) is 9.49. The van der Waals surface area contributed by atoms with E-state index < -0.39 is 0 Å². The van der Waals surface area contributed by atoms with Gasteiger partial charge in [-0.05, 0) is 44.7 Å². The fourth-order valence-electron chi connectivity index (χ4n) is 3.44. The smallest absolute Gasteiger partial charge is 0.0303 e. The van der Waals surface area contributed by atoms with Crippen LogP contribution in [0, 0.1) is 5.41 Å². The Morgan fingerprint density at radius 1 is 1.05 bits per heavy atom. The summed E-state index contributed by atoms with van der Waals surface area (Å²) in [7, 11) is 0. The standard InChI is InChI=1S/C18H38N2/c1-5-7-8-9-10-11-18(4,16-19)20-14-12-17(3,6-2)13-15-20/h5-16,19H2,1-4H3. The second-order valence-electron chi connectivity index (χ2n) is 7.52. The summed E-state index contributed by atoms with van der Waals surface area (Å²) in [5, 5.41) is 0. The molecule has 2 N–H and O–H groups in total. The molecule has 1 unspecified atom stereocenters. The number of unbranched alkanes of at least 4 members (excludes halogenated alkanes) is 4. The van der Waals surface area contributed by atoms with Gasteiger partial charge in [-0.1, -0.05) is 59.3 Å². The molecular formula is C18H38N2. The number of nitrogens with two attached hydrogens (primary N) is 1. The van der Waals surface area contributed by atoms with Gasteiger partial charge in [0.15, 0.2) is 0 Å². The normalized spacial score (nSPS) is 22.6. The van der Waals surface area contributed by atoms with Gasteiger partial charge in [-0.2, -0.15) is 0 Å². The molecule has 1 aliphatic heterocycles. The van der Waals surface area contributed by atoms with Crippen LogP contribution in [0.15, 0.2) is 0 Å². The maximum atomic E-state index is 6.14. The Balaban J connectivity index is 2.40. The third-order valence-electron chi connectivity index (χ3n) is 5.85. The largest absolute Gasteiger partial charge is 0.329 e. The number of piperidine rings is 1. The van der Waals surface area contributed by atoms with Gasteiger partial charge < -0.3 is 5.73 Å². The van der Waals surface area contributed by atoms with Crippen LogP contribution >= 0.6 is 0 Å². The van der Waals surface area contributed by atoms with Gasteiger partial charge in [0, 0.05) is 12.1 Å². The monoisotopic (exact) mass is 282 g/mol. The van der Waals surface area contributed by atoms with Crippen molar-refractivity contribution in [2.45, 2.75) is 91.0 Å². The predicted octanol–water partition coefficient (Wildman–Crippen LogP) is 4.58. The molecule has 20 heavy (non-hydrogen) atoms. The van der Waals surface area contributed by atoms with E-state index in [0.29, 0.717) is 5.41 Å². The molecule has 0 amide bonds. The van der Waals surface area contributed by atoms with Crippen LogP contribution < -0.4 is 5.73 Å². The zero-order valence-electron chi connectivity index (χ0n) is 14.5. The lowest BCUT2D eigenvalue weighted by Gasteiger charge is -2.47. The lowest BCUT2D eigenvalue weighted by molar-refractivity contribution is 0.0284. The van der Waals surface area contributed by atoms with Crippen LogP contribution in [0.5, 0.6) is 0 Å². The van der Waals surface area contributed by atoms with E-state index in [1.807, 2.05) is 0 Å². The first-order valence-electron chi connectivity index (χ1n) is 8.95. The van der Waals surface area contributed by atoms with Crippen molar-refractivity contribution in [1.82, 2.24) is 4.90 Å². The van der Waals surface area contributed by atoms with Gasteiger partial charge in [0.25, 0.3) is 0 Å². The Kier molecular flexibility index (Phi) is 7.53. The van der Waals surface area contributed by atoms with Gasteiger partial charge in [0.1, 0.15) is 0 Å². The third-order valence-corrected chi connectivity index (χ3v) is 5.85. The fraction of sp³-hybridized carbons (Fsp3) is 1.00. The highest BCUT2D eigenvalue weighted by Crippen LogP contribution is 2.37. The highest BCUT2D eigenvalue weighted by atomic mass is 15.2. The average molecular weight is 283 g/mol. The highest BCUT2D eigenvalue weighted by molar-refractivity contribution is 4.92. The van der Waals surface area contributed by atoms with E-state index in [1.54, 1.807) is 0 Å². The average Bonchev–Trinajstić information content (AvgIpc) is 2.47. The Labute approximate surface area is 127 Å². The molecule has 1 fully saturated rings. The molecule has 0 aromatic heterocycles. The summed E-state index contributed by atoms with van der Waals surface area (Å²) in [6.07, 6.45) is 12.1. The molecule has 0 saturated carbocycles. The van der Waals surface area contributed by atoms with Crippen LogP contribution in [0.4, 0.5) is 0 Å². The van der Waals surface area contributed by atoms with E-state index in [1.165, 1.54) is 70.9 Å². The van der Waals surface area contributed by atoms with E-state index in [4.69, 9.17) is 5.73 Å². The minimum atomic E-state index is 0.237. The van der Waals surface area contributed by atoms with Crippen LogP contribution in [-0.2, 0) is 0 Å². The molecule has 1 atom stereocenters. The van der Waals surface area contributed by atoms with Crippen molar-refractivity contribution in [2.24, 2.45) is 11.1 Å². The number of nitrogens with zero attached hydrogens (tertiary/aromatic N) is 1. The molecule has 1 aliphatic rings. The molecule has 120 valence electrons. The van der Waals surface area contributed by atoms with Crippen molar-refractivity contribution in [3.05, 3.63) is 0 Å². The summed E-state index contributed by atoms with van der Waals surface area (Å²) in [6, 6.07) is 0. The van der Waals surface area contributed by atoms with Crippen LogP contribution in [0.3, 0.4) is 0 Å². The molecule has 0 aromatic carbocycles. The highest BCUT2D eigenvalue weighted by Gasteiger charge is 2.36. The molecule has 0 aliphatic carbocycles. The van der Waals surface area contributed by atoms with Gasteiger partial charge in [0.05, 0.1) is 0 Å². The second-order valence-corrected chi connectivity index (χ2v) is 7.52. The van der Waals surface area contributed by atoms with Gasteiger partial charge in [0.2, 0.25) is 0 Å². The maximum Gasteiger partial charge on any atom is 0.0303 e. The van der Waals surface area contributed by atoms with Crippen LogP contribution in [0.25, 0.3) is 0 Å². The van der Waals surface area contributed by atoms with E-state index in [2.05, 4.69) is 32.6 Å². The van der Waals surface area contributed by atoms with Gasteiger partial charge in [-0.3, -0.25) is 4.90 Å². The molecular weight excluding hydrogens is 244 g/mol. The molecule has 0 aromatic rings. The van der Waals surface area contributed by atoms with E-state index in [-0.39, 0.29) is 5.54 Å². The second kappa shape index (κ2) is 8.38. The van der Waals surface area contributed by atoms with E-state index >= 15 is 0 Å². The number of hydrogen-bond donors (Lipinski definition) is 1. The Morgan fingerprint density at radius 3 is 2.15 bits per heavy atom. The molecule has 1 rings (SSSR count). The van der Waals surface area contributed by atoms with Crippen molar-refractivity contribution < 1.29 is 0 Å². The van der Waals surface area contributed by atoms with Crippen molar-refractivity contribution in [3.63, 3.8) is 0 Å². The molecule has 0 bridgehead atoms. The summed E-state index contributed by atoms with van der Waals surface area (Å²) in [5.74, 6) is 0. The summed E-state index contributed by atoms with van der Waals surface area (Å²) < 4.78 is 0. The van der Waals surface area contributed by atoms with Gasteiger partial charge >= 0.3 is 0 Å². The Morgan fingerprint density at radius 2 is 1.65 bits per heavy atom. The minimum Gasteiger partial charge on any atom is -0.329 e. The van der Waals surface area contributed by atoms with Crippen molar-refractivity contribution in [3.8, 4) is 0 Å². The third kappa shape index (κ3) is 5.04. The molecule has 1 heterocycles. The van der Waals surface area contributed by atoms with Crippen LogP contribution in [-0.4, -0.2) is 30.1 Å². The van der Waals surface area contributed by atoms with E-state index in [0.717, 1.165) is 6.54 Å². The number of likely N-dealkylation sites (tertiary alicyclic amines) is 1. The van der Waals surface area contributed by atoms with Crippen LogP contribution in [0.2, 0.25) is 0 Å². The summed E-state index contributed by atoms with van der Waals surface area (Å²) in [6.45, 7) is 12.8. The quantitative estimate of drug-likeness (QED) is 0.627. The number of hydrogen-bond acceptors (Lipinski definition) is 2. The molecule has 1 saturated heterocycles. The van der Waals surface area contributed by atoms with Gasteiger partial charge in [-0.25, -0.2) is 0 Å². The lowest BCUT2D eigenvalue weighted by atomic mass is 9.76. The Bertz CT molecular complexity index is 256. The topological polar surface area (TPSA) is 29.3 Å². The van der Waals surface area contributed by atoms with Gasteiger partial charge in [-0.15, -0.1) is 0 Å².